The van der Waals surface area contributed by atoms with Crippen molar-refractivity contribution in [2.75, 3.05) is 0 Å². The van der Waals surface area contributed by atoms with Gasteiger partial charge in [-0.25, -0.2) is 10.9 Å². The summed E-state index contributed by atoms with van der Waals surface area (Å²) in [5.41, 5.74) is 5.35. The van der Waals surface area contributed by atoms with Gasteiger partial charge in [0.25, 0.3) is 11.8 Å². The third-order valence-electron chi connectivity index (χ3n) is 2.74. The van der Waals surface area contributed by atoms with Crippen LogP contribution in [0.4, 0.5) is 0 Å². The quantitative estimate of drug-likeness (QED) is 0.443. The molecule has 0 fully saturated rings. The van der Waals surface area contributed by atoms with Gasteiger partial charge in [-0.05, 0) is 42.0 Å². The van der Waals surface area contributed by atoms with Gasteiger partial charge in [-0.1, -0.05) is 28.1 Å². The van der Waals surface area contributed by atoms with Gasteiger partial charge in [0.05, 0.1) is 6.21 Å². The number of nitrogens with zero attached hydrogens (tertiary/aromatic N) is 1. The Morgan fingerprint density at radius 3 is 2.27 bits per heavy atom. The fourth-order valence-electron chi connectivity index (χ4n) is 1.65. The second-order valence-electron chi connectivity index (χ2n) is 4.27. The lowest BCUT2D eigenvalue weighted by Gasteiger charge is -2.02. The van der Waals surface area contributed by atoms with E-state index in [9.17, 15) is 9.59 Å². The van der Waals surface area contributed by atoms with E-state index in [1.54, 1.807) is 0 Å². The van der Waals surface area contributed by atoms with E-state index in [2.05, 4.69) is 26.5 Å². The highest BCUT2D eigenvalue weighted by Gasteiger charge is 2.07. The Kier molecular flexibility index (Phi) is 5.40. The summed E-state index contributed by atoms with van der Waals surface area (Å²) in [6.07, 6.45) is 1.52. The van der Waals surface area contributed by atoms with Gasteiger partial charge < -0.3 is 0 Å². The Balaban J connectivity index is 1.99. The molecule has 0 saturated heterocycles. The van der Waals surface area contributed by atoms with Crippen molar-refractivity contribution in [1.82, 2.24) is 10.9 Å². The van der Waals surface area contributed by atoms with Crippen LogP contribution >= 0.6 is 15.9 Å². The van der Waals surface area contributed by atoms with E-state index < -0.39 is 11.8 Å². The van der Waals surface area contributed by atoms with Crippen LogP contribution in [0.5, 0.6) is 0 Å². The molecule has 0 aliphatic rings. The summed E-state index contributed by atoms with van der Waals surface area (Å²) in [6.45, 7) is 0. The maximum absolute atomic E-state index is 11.9. The largest absolute Gasteiger partial charge is 0.288 e. The Morgan fingerprint density at radius 2 is 1.68 bits per heavy atom. The van der Waals surface area contributed by atoms with E-state index in [0.29, 0.717) is 5.56 Å². The number of hydroxylamine groups is 1. The number of carbonyl (C=O) groups excluding carboxylic acids is 2. The molecule has 6 nitrogen and oxygen atoms in total. The average molecular weight is 362 g/mol. The van der Waals surface area contributed by atoms with E-state index >= 15 is 0 Å². The lowest BCUT2D eigenvalue weighted by atomic mass is 10.1. The van der Waals surface area contributed by atoms with Gasteiger partial charge in [0.1, 0.15) is 0 Å². The van der Waals surface area contributed by atoms with E-state index in [1.165, 1.54) is 36.0 Å². The van der Waals surface area contributed by atoms with E-state index in [-0.39, 0.29) is 5.56 Å². The van der Waals surface area contributed by atoms with Crippen molar-refractivity contribution in [3.63, 3.8) is 0 Å². The summed E-state index contributed by atoms with van der Waals surface area (Å²) >= 11 is 3.34. The molecule has 3 N–H and O–H groups in total. The van der Waals surface area contributed by atoms with Crippen molar-refractivity contribution >= 4 is 34.0 Å². The summed E-state index contributed by atoms with van der Waals surface area (Å²) in [5, 5.41) is 12.4. The predicted molar refractivity (Wildman–Crippen MR) is 84.9 cm³/mol. The SMILES string of the molecule is O=C(NO)c1ccc(C(=O)NN=Cc2cccc(Br)c2)cc1. The molecule has 0 spiro atoms. The number of nitrogens with one attached hydrogen (secondary N) is 2. The number of carbonyl (C=O) groups is 2. The van der Waals surface area contributed by atoms with Gasteiger partial charge in [0, 0.05) is 15.6 Å². The zero-order valence-corrected chi connectivity index (χ0v) is 12.9. The fraction of sp³-hybridized carbons (Fsp3) is 0. The molecule has 7 heteroatoms. The van der Waals surface area contributed by atoms with Gasteiger partial charge in [-0.2, -0.15) is 5.10 Å². The van der Waals surface area contributed by atoms with Gasteiger partial charge in [0.2, 0.25) is 0 Å². The molecule has 0 bridgehead atoms. The summed E-state index contributed by atoms with van der Waals surface area (Å²) in [4.78, 5) is 23.0. The van der Waals surface area contributed by atoms with Gasteiger partial charge >= 0.3 is 0 Å². The van der Waals surface area contributed by atoms with Crippen LogP contribution in [0.25, 0.3) is 0 Å². The van der Waals surface area contributed by atoms with Gasteiger partial charge in [-0.15, -0.1) is 0 Å². The molecule has 0 saturated carbocycles. The molecule has 0 atom stereocenters. The maximum atomic E-state index is 11.9. The highest BCUT2D eigenvalue weighted by Crippen LogP contribution is 2.10. The molecule has 22 heavy (non-hydrogen) atoms. The topological polar surface area (TPSA) is 90.8 Å². The molecule has 0 radical (unpaired) electrons. The Bertz CT molecular complexity index is 714. The molecule has 0 aliphatic heterocycles. The molecule has 2 aromatic carbocycles. The highest BCUT2D eigenvalue weighted by atomic mass is 79.9. The molecule has 0 unspecified atom stereocenters. The van der Waals surface area contributed by atoms with E-state index in [4.69, 9.17) is 5.21 Å². The summed E-state index contributed by atoms with van der Waals surface area (Å²) in [7, 11) is 0. The first-order chi connectivity index (χ1) is 10.6. The van der Waals surface area contributed by atoms with E-state index in [1.807, 2.05) is 24.3 Å². The van der Waals surface area contributed by atoms with Crippen LogP contribution in [0, 0.1) is 0 Å². The molecule has 0 heterocycles. The van der Waals surface area contributed by atoms with Gasteiger partial charge in [-0.3, -0.25) is 14.8 Å². The summed E-state index contributed by atoms with van der Waals surface area (Å²) in [5.74, 6) is -1.04. The van der Waals surface area contributed by atoms with Crippen molar-refractivity contribution in [1.29, 1.82) is 0 Å². The Morgan fingerprint density at radius 1 is 1.05 bits per heavy atom. The zero-order chi connectivity index (χ0) is 15.9. The fourth-order valence-corrected chi connectivity index (χ4v) is 2.07. The number of halogens is 1. The number of amides is 2. The van der Waals surface area contributed by atoms with Crippen LogP contribution in [-0.2, 0) is 0 Å². The second kappa shape index (κ2) is 7.48. The minimum atomic E-state index is -0.639. The smallest absolute Gasteiger partial charge is 0.274 e. The summed E-state index contributed by atoms with van der Waals surface area (Å²) in [6, 6.07) is 13.2. The minimum absolute atomic E-state index is 0.247. The normalized spacial score (nSPS) is 10.5. The number of rotatable bonds is 4. The second-order valence-corrected chi connectivity index (χ2v) is 5.19. The molecular formula is C15H12BrN3O3. The van der Waals surface area contributed by atoms with Crippen LogP contribution in [0.1, 0.15) is 26.3 Å². The van der Waals surface area contributed by atoms with Crippen molar-refractivity contribution in [2.24, 2.45) is 5.10 Å². The predicted octanol–water partition coefficient (Wildman–Crippen LogP) is 2.33. The van der Waals surface area contributed by atoms with Crippen LogP contribution in [0.2, 0.25) is 0 Å². The van der Waals surface area contributed by atoms with Crippen LogP contribution in [0.3, 0.4) is 0 Å². The minimum Gasteiger partial charge on any atom is -0.288 e. The maximum Gasteiger partial charge on any atom is 0.274 e. The van der Waals surface area contributed by atoms with Crippen molar-refractivity contribution < 1.29 is 14.8 Å². The van der Waals surface area contributed by atoms with Crippen molar-refractivity contribution in [2.45, 2.75) is 0 Å². The van der Waals surface area contributed by atoms with Crippen LogP contribution in [-0.4, -0.2) is 23.2 Å². The third kappa shape index (κ3) is 4.24. The first-order valence-corrected chi connectivity index (χ1v) is 7.03. The Hall–Kier alpha value is -2.51. The summed E-state index contributed by atoms with van der Waals surface area (Å²) < 4.78 is 0.917. The van der Waals surface area contributed by atoms with Crippen molar-refractivity contribution in [3.05, 3.63) is 69.7 Å². The molecular weight excluding hydrogens is 350 g/mol. The lowest BCUT2D eigenvalue weighted by Crippen LogP contribution is -2.20. The van der Waals surface area contributed by atoms with Gasteiger partial charge in [0.15, 0.2) is 0 Å². The Labute approximate surface area is 134 Å². The molecule has 2 rings (SSSR count). The van der Waals surface area contributed by atoms with Crippen LogP contribution in [0.15, 0.2) is 58.1 Å². The standard InChI is InChI=1S/C15H12BrN3O3/c16-13-3-1-2-10(8-13)9-17-18-14(20)11-4-6-12(7-5-11)15(21)19-22/h1-9,22H,(H,18,20)(H,19,21). The average Bonchev–Trinajstić information content (AvgIpc) is 2.54. The highest BCUT2D eigenvalue weighted by molar-refractivity contribution is 9.10. The number of hydrogen-bond donors (Lipinski definition) is 3. The molecule has 112 valence electrons. The first-order valence-electron chi connectivity index (χ1n) is 6.23. The van der Waals surface area contributed by atoms with Crippen molar-refractivity contribution in [3.8, 4) is 0 Å². The first kappa shape index (κ1) is 15.9. The molecule has 2 amide bonds. The third-order valence-corrected chi connectivity index (χ3v) is 3.23. The monoisotopic (exact) mass is 361 g/mol. The number of benzene rings is 2. The number of hydrogen-bond acceptors (Lipinski definition) is 4. The lowest BCUT2D eigenvalue weighted by molar-refractivity contribution is 0.0706. The van der Waals surface area contributed by atoms with Crippen LogP contribution < -0.4 is 10.9 Å². The molecule has 0 aliphatic carbocycles. The molecule has 2 aromatic rings. The number of hydrazone groups is 1. The van der Waals surface area contributed by atoms with E-state index in [0.717, 1.165) is 10.0 Å². The molecule has 0 aromatic heterocycles. The zero-order valence-electron chi connectivity index (χ0n) is 11.3.